The Morgan fingerprint density at radius 3 is 2.59 bits per heavy atom. The van der Waals surface area contributed by atoms with Crippen LogP contribution in [0.2, 0.25) is 5.02 Å². The molecule has 2 aromatic carbocycles. The molecule has 2 aliphatic rings. The van der Waals surface area contributed by atoms with Crippen molar-refractivity contribution < 1.29 is 24.1 Å². The van der Waals surface area contributed by atoms with Crippen LogP contribution in [-0.2, 0) is 16.1 Å². The maximum absolute atomic E-state index is 12.6. The SMILES string of the molecule is O=C(N[C@H](CN1CCCC1)C(O)c1ccc(OC2CCOCC2)c(Cl)c1)OCc1ccccc1. The van der Waals surface area contributed by atoms with Crippen LogP contribution in [0.4, 0.5) is 4.79 Å². The maximum atomic E-state index is 12.6. The number of nitrogens with one attached hydrogen (secondary N) is 1. The molecule has 34 heavy (non-hydrogen) atoms. The van der Waals surface area contributed by atoms with Gasteiger partial charge < -0.3 is 29.5 Å². The lowest BCUT2D eigenvalue weighted by Crippen LogP contribution is -2.46. The third-order valence-corrected chi connectivity index (χ3v) is 6.61. The summed E-state index contributed by atoms with van der Waals surface area (Å²) in [5.74, 6) is 0.593. The van der Waals surface area contributed by atoms with Crippen molar-refractivity contribution in [2.75, 3.05) is 32.8 Å². The fourth-order valence-corrected chi connectivity index (χ4v) is 4.62. The van der Waals surface area contributed by atoms with Crippen LogP contribution in [-0.4, -0.2) is 61.1 Å². The van der Waals surface area contributed by atoms with Gasteiger partial charge in [0.1, 0.15) is 24.6 Å². The number of likely N-dealkylation sites (tertiary alicyclic amines) is 1. The summed E-state index contributed by atoms with van der Waals surface area (Å²) in [5, 5.41) is 14.5. The Balaban J connectivity index is 1.40. The van der Waals surface area contributed by atoms with Crippen molar-refractivity contribution in [3.8, 4) is 5.75 Å². The molecule has 2 heterocycles. The summed E-state index contributed by atoms with van der Waals surface area (Å²) in [6.45, 7) is 3.96. The zero-order valence-corrected chi connectivity index (χ0v) is 20.1. The molecule has 1 unspecified atom stereocenters. The molecule has 0 aliphatic carbocycles. The highest BCUT2D eigenvalue weighted by Gasteiger charge is 2.28. The van der Waals surface area contributed by atoms with Crippen molar-refractivity contribution in [3.05, 3.63) is 64.7 Å². The molecule has 2 saturated heterocycles. The van der Waals surface area contributed by atoms with Gasteiger partial charge in [-0.15, -0.1) is 0 Å². The molecule has 0 radical (unpaired) electrons. The number of aliphatic hydroxyl groups excluding tert-OH is 1. The van der Waals surface area contributed by atoms with Crippen molar-refractivity contribution in [2.45, 2.75) is 50.5 Å². The summed E-state index contributed by atoms with van der Waals surface area (Å²) < 4.78 is 16.8. The van der Waals surface area contributed by atoms with Crippen LogP contribution in [0.1, 0.15) is 42.9 Å². The van der Waals surface area contributed by atoms with E-state index in [1.54, 1.807) is 18.2 Å². The monoisotopic (exact) mass is 488 g/mol. The third-order valence-electron chi connectivity index (χ3n) is 6.31. The summed E-state index contributed by atoms with van der Waals surface area (Å²) in [5.41, 5.74) is 1.53. The number of ether oxygens (including phenoxy) is 3. The van der Waals surface area contributed by atoms with Crippen LogP contribution in [0, 0.1) is 0 Å². The number of nitrogens with zero attached hydrogens (tertiary/aromatic N) is 1. The van der Waals surface area contributed by atoms with Crippen LogP contribution in [0.15, 0.2) is 48.5 Å². The van der Waals surface area contributed by atoms with E-state index in [1.165, 1.54) is 0 Å². The van der Waals surface area contributed by atoms with E-state index in [1.807, 2.05) is 30.3 Å². The van der Waals surface area contributed by atoms with Crippen LogP contribution >= 0.6 is 11.6 Å². The molecule has 2 fully saturated rings. The van der Waals surface area contributed by atoms with E-state index in [-0.39, 0.29) is 12.7 Å². The first-order valence-electron chi connectivity index (χ1n) is 12.0. The Morgan fingerprint density at radius 1 is 1.15 bits per heavy atom. The van der Waals surface area contributed by atoms with E-state index in [2.05, 4.69) is 10.2 Å². The second-order valence-corrected chi connectivity index (χ2v) is 9.29. The fourth-order valence-electron chi connectivity index (χ4n) is 4.39. The Morgan fingerprint density at radius 2 is 1.88 bits per heavy atom. The number of alkyl carbamates (subject to hydrolysis) is 1. The lowest BCUT2D eigenvalue weighted by molar-refractivity contribution is 0.0255. The molecular formula is C26H33ClN2O5. The highest BCUT2D eigenvalue weighted by molar-refractivity contribution is 6.32. The van der Waals surface area contributed by atoms with Crippen molar-refractivity contribution >= 4 is 17.7 Å². The second kappa shape index (κ2) is 12.4. The average molecular weight is 489 g/mol. The molecule has 2 aliphatic heterocycles. The quantitative estimate of drug-likeness (QED) is 0.547. The van der Waals surface area contributed by atoms with E-state index < -0.39 is 18.2 Å². The number of rotatable bonds is 9. The molecule has 0 spiro atoms. The van der Waals surface area contributed by atoms with Crippen LogP contribution in [0.3, 0.4) is 0 Å². The molecule has 2 N–H and O–H groups in total. The third kappa shape index (κ3) is 7.09. The molecular weight excluding hydrogens is 456 g/mol. The van der Waals surface area contributed by atoms with Gasteiger partial charge in [0.15, 0.2) is 0 Å². The van der Waals surface area contributed by atoms with Gasteiger partial charge in [0.05, 0.1) is 24.3 Å². The van der Waals surface area contributed by atoms with Gasteiger partial charge in [-0.1, -0.05) is 48.0 Å². The average Bonchev–Trinajstić information content (AvgIpc) is 3.38. The lowest BCUT2D eigenvalue weighted by Gasteiger charge is -2.29. The molecule has 7 nitrogen and oxygen atoms in total. The van der Waals surface area contributed by atoms with Crippen molar-refractivity contribution in [1.29, 1.82) is 0 Å². The molecule has 4 rings (SSSR count). The summed E-state index contributed by atoms with van der Waals surface area (Å²) in [6, 6.07) is 14.3. The number of carbonyl (C=O) groups excluding carboxylic acids is 1. The van der Waals surface area contributed by atoms with Crippen LogP contribution < -0.4 is 10.1 Å². The fraction of sp³-hybridized carbons (Fsp3) is 0.500. The first-order chi connectivity index (χ1) is 16.6. The summed E-state index contributed by atoms with van der Waals surface area (Å²) in [6.07, 6.45) is 2.46. The van der Waals surface area contributed by atoms with E-state index >= 15 is 0 Å². The Labute approximate surface area is 205 Å². The number of amides is 1. The number of hydrogen-bond acceptors (Lipinski definition) is 6. The molecule has 2 atom stereocenters. The van der Waals surface area contributed by atoms with Crippen molar-refractivity contribution in [2.24, 2.45) is 0 Å². The van der Waals surface area contributed by atoms with E-state index in [0.29, 0.717) is 36.1 Å². The zero-order chi connectivity index (χ0) is 23.8. The standard InChI is InChI=1S/C26H33ClN2O5/c27-22-16-20(8-9-24(22)34-21-10-14-32-15-11-21)25(30)23(17-29-12-4-5-13-29)28-26(31)33-18-19-6-2-1-3-7-19/h1-3,6-9,16,21,23,25,30H,4-5,10-15,17-18H2,(H,28,31)/t23-,25?/m1/s1. The molecule has 0 bridgehead atoms. The Kier molecular flexibility index (Phi) is 9.04. The van der Waals surface area contributed by atoms with Crippen molar-refractivity contribution in [3.63, 3.8) is 0 Å². The Hall–Kier alpha value is -2.32. The normalized spacial score (nSPS) is 18.9. The summed E-state index contributed by atoms with van der Waals surface area (Å²) in [7, 11) is 0. The van der Waals surface area contributed by atoms with Gasteiger partial charge in [0.25, 0.3) is 0 Å². The van der Waals surface area contributed by atoms with Crippen molar-refractivity contribution in [1.82, 2.24) is 10.2 Å². The molecule has 1 amide bonds. The van der Waals surface area contributed by atoms with E-state index in [4.69, 9.17) is 25.8 Å². The van der Waals surface area contributed by atoms with Gasteiger partial charge in [0.2, 0.25) is 0 Å². The largest absolute Gasteiger partial charge is 0.489 e. The topological polar surface area (TPSA) is 80.3 Å². The number of halogens is 1. The van der Waals surface area contributed by atoms with Gasteiger partial charge in [-0.2, -0.15) is 0 Å². The van der Waals surface area contributed by atoms with Crippen LogP contribution in [0.25, 0.3) is 0 Å². The van der Waals surface area contributed by atoms with Gasteiger partial charge in [-0.3, -0.25) is 0 Å². The summed E-state index contributed by atoms with van der Waals surface area (Å²) >= 11 is 6.50. The highest BCUT2D eigenvalue weighted by Crippen LogP contribution is 2.31. The minimum atomic E-state index is -0.945. The molecule has 184 valence electrons. The van der Waals surface area contributed by atoms with Gasteiger partial charge in [0, 0.05) is 19.4 Å². The second-order valence-electron chi connectivity index (χ2n) is 8.88. The smallest absolute Gasteiger partial charge is 0.407 e. The minimum Gasteiger partial charge on any atom is -0.489 e. The number of aliphatic hydroxyl groups is 1. The summed E-state index contributed by atoms with van der Waals surface area (Å²) in [4.78, 5) is 14.8. The number of carbonyl (C=O) groups is 1. The van der Waals surface area contributed by atoms with Gasteiger partial charge >= 0.3 is 6.09 Å². The first-order valence-corrected chi connectivity index (χ1v) is 12.4. The van der Waals surface area contributed by atoms with Crippen LogP contribution in [0.5, 0.6) is 5.75 Å². The lowest BCUT2D eigenvalue weighted by atomic mass is 10.0. The minimum absolute atomic E-state index is 0.0750. The zero-order valence-electron chi connectivity index (χ0n) is 19.3. The first kappa shape index (κ1) is 24.8. The van der Waals surface area contributed by atoms with Gasteiger partial charge in [-0.05, 0) is 49.2 Å². The van der Waals surface area contributed by atoms with Gasteiger partial charge in [-0.25, -0.2) is 4.79 Å². The maximum Gasteiger partial charge on any atom is 0.407 e. The van der Waals surface area contributed by atoms with E-state index in [9.17, 15) is 9.90 Å². The predicted molar refractivity (Wildman–Crippen MR) is 130 cm³/mol. The number of benzene rings is 2. The Bertz CT molecular complexity index is 917. The molecule has 2 aromatic rings. The molecule has 0 saturated carbocycles. The van der Waals surface area contributed by atoms with E-state index in [0.717, 1.165) is 44.3 Å². The highest BCUT2D eigenvalue weighted by atomic mass is 35.5. The molecule has 0 aromatic heterocycles. The molecule has 8 heteroatoms. The predicted octanol–water partition coefficient (Wildman–Crippen LogP) is 4.32. The number of hydrogen-bond donors (Lipinski definition) is 2.